The van der Waals surface area contributed by atoms with Crippen LogP contribution in [0.15, 0.2) is 0 Å². The van der Waals surface area contributed by atoms with Gasteiger partial charge in [-0.05, 0) is 0 Å². The van der Waals surface area contributed by atoms with Gasteiger partial charge in [0.15, 0.2) is 0 Å². The minimum atomic E-state index is -6.51. The highest BCUT2D eigenvalue weighted by atomic mass is 28.6. The van der Waals surface area contributed by atoms with Crippen molar-refractivity contribution in [3.05, 3.63) is 0 Å². The molecule has 8 bridgehead atoms. The third-order valence-electron chi connectivity index (χ3n) is 8.82. The zero-order valence-corrected chi connectivity index (χ0v) is 39.2. The molecule has 0 aromatic rings. The van der Waals surface area contributed by atoms with Crippen LogP contribution in [0.1, 0.15) is 44.9 Å². The van der Waals surface area contributed by atoms with E-state index in [9.17, 15) is 92.2 Å². The molecule has 0 aromatic carbocycles. The van der Waals surface area contributed by atoms with Crippen molar-refractivity contribution in [2.24, 2.45) is 0 Å². The molecule has 6 heterocycles. The lowest BCUT2D eigenvalue weighted by Crippen LogP contribution is -2.88. The number of hydrogen-bond acceptors (Lipinski definition) is 12. The van der Waals surface area contributed by atoms with E-state index in [1.807, 2.05) is 0 Å². The Bertz CT molecular complexity index is 1440. The largest absolute Gasteiger partial charge is 0.479 e. The zero-order chi connectivity index (χ0) is 47.9. The molecule has 0 N–H and O–H groups in total. The maximum Gasteiger partial charge on any atom is 0.479 e. The van der Waals surface area contributed by atoms with E-state index >= 15 is 0 Å². The molecule has 0 atom stereocenters. The molecule has 41 heteroatoms. The van der Waals surface area contributed by atoms with E-state index in [2.05, 4.69) is 0 Å². The minimum Gasteiger partial charge on any atom is -0.373 e. The Kier molecular flexibility index (Phi) is 14.5. The smallest absolute Gasteiger partial charge is 0.373 e. The molecule has 63 heavy (non-hydrogen) atoms. The van der Waals surface area contributed by atoms with Gasteiger partial charge in [0.25, 0.3) is 0 Å². The van der Waals surface area contributed by atoms with Crippen molar-refractivity contribution in [2.75, 3.05) is 0 Å². The fourth-order valence-corrected chi connectivity index (χ4v) is 56.2. The van der Waals surface area contributed by atoms with Crippen LogP contribution in [-0.2, 0) is 49.4 Å². The number of halogens is 21. The van der Waals surface area contributed by atoms with E-state index in [1.54, 1.807) is 0 Å². The van der Waals surface area contributed by atoms with Gasteiger partial charge in [0.05, 0.1) is 0 Å². The highest BCUT2D eigenvalue weighted by Gasteiger charge is 2.83. The molecule has 6 aliphatic heterocycles. The summed E-state index contributed by atoms with van der Waals surface area (Å²) in [5.41, 5.74) is 0. The molecular weight excluding hydrogens is 1080 g/mol. The zero-order valence-electron chi connectivity index (χ0n) is 31.2. The topological polar surface area (TPSA) is 111 Å². The monoisotopic (exact) mass is 1110 g/mol. The minimum absolute atomic E-state index is 0.487. The van der Waals surface area contributed by atoms with Crippen LogP contribution in [0.2, 0.25) is 48.9 Å². The predicted molar refractivity (Wildman–Crippen MR) is 173 cm³/mol. The van der Waals surface area contributed by atoms with Crippen LogP contribution in [0, 0.1) is 0 Å². The number of rotatable bonds is 14. The van der Waals surface area contributed by atoms with Gasteiger partial charge in [-0.2, -0.15) is 92.2 Å². The quantitative estimate of drug-likeness (QED) is 0.122. The van der Waals surface area contributed by atoms with Gasteiger partial charge in [0, 0.05) is 93.8 Å². The van der Waals surface area contributed by atoms with Crippen LogP contribution < -0.4 is 0 Å². The predicted octanol–water partition coefficient (Wildman–Crippen LogP) is 10.1. The van der Waals surface area contributed by atoms with Crippen molar-refractivity contribution in [3.63, 3.8) is 0 Å². The Hall–Kier alpha value is -0.215. The van der Waals surface area contributed by atoms with E-state index < -0.39 is 201 Å². The summed E-state index contributed by atoms with van der Waals surface area (Å²) in [6.45, 7) is 0.487. The molecule has 0 unspecified atom stereocenters. The molecule has 0 amide bonds. The molecule has 12 nitrogen and oxygen atoms in total. The second-order valence-corrected chi connectivity index (χ2v) is 39.3. The van der Waals surface area contributed by atoms with Crippen LogP contribution in [0.5, 0.6) is 0 Å². The molecule has 6 fully saturated rings. The molecule has 0 aliphatic carbocycles. The lowest BCUT2D eigenvalue weighted by atomic mass is 10.5. The summed E-state index contributed by atoms with van der Waals surface area (Å²) in [6.07, 6.45) is -54.1. The maximum absolute atomic E-state index is 14.1. The van der Waals surface area contributed by atoms with E-state index in [0.717, 1.165) is 0 Å². The van der Waals surface area contributed by atoms with E-state index in [1.165, 1.54) is 0 Å². The van der Waals surface area contributed by atoms with Crippen molar-refractivity contribution < 1.29 is 142 Å². The Balaban J connectivity index is 1.95. The number of hydrogen-bond donors (Lipinski definition) is 0. The summed E-state index contributed by atoms with van der Waals surface area (Å²) in [5.74, 6) is 0. The molecule has 6 aliphatic rings. The van der Waals surface area contributed by atoms with Crippen molar-refractivity contribution in [3.8, 4) is 0 Å². The Morgan fingerprint density at radius 1 is 0.222 bits per heavy atom. The standard InChI is InChI=1S/C22H31F21O12Si8/c1-56-44-57(9-2-16(23,24)25)47-60(12-5-19(32,33)34)49-58(45-56,10-3-17(26,27)28)51-62(14-7-21(38,39)40)52-59(46-56,11-4-18(29,30)31)50-61(48-57,13-6-20(35,36)37)54-63(53-60,55-62)15-8-22(41,42)43/h2-15H2,1H3. The van der Waals surface area contributed by atoms with Gasteiger partial charge in [0.1, 0.15) is 0 Å². The van der Waals surface area contributed by atoms with Crippen molar-refractivity contribution >= 4 is 70.4 Å². The molecular formula is C22H31F21O12Si8. The first-order chi connectivity index (χ1) is 27.9. The highest BCUT2D eigenvalue weighted by molar-refractivity contribution is 7.03. The second kappa shape index (κ2) is 17.0. The molecule has 0 radical (unpaired) electrons. The first kappa shape index (κ1) is 53.7. The highest BCUT2D eigenvalue weighted by Crippen LogP contribution is 2.56. The van der Waals surface area contributed by atoms with E-state index in [-0.39, 0.29) is 0 Å². The molecule has 0 spiro atoms. The Morgan fingerprint density at radius 3 is 0.444 bits per heavy atom. The molecule has 6 rings (SSSR count). The van der Waals surface area contributed by atoms with Crippen LogP contribution in [0.3, 0.4) is 0 Å². The van der Waals surface area contributed by atoms with Gasteiger partial charge >= 0.3 is 114 Å². The van der Waals surface area contributed by atoms with Gasteiger partial charge in [0.2, 0.25) is 0 Å². The van der Waals surface area contributed by atoms with Gasteiger partial charge in [-0.25, -0.2) is 0 Å². The van der Waals surface area contributed by atoms with Crippen LogP contribution in [0.4, 0.5) is 92.2 Å². The van der Waals surface area contributed by atoms with Crippen molar-refractivity contribution in [2.45, 2.75) is 137 Å². The molecule has 0 saturated carbocycles. The van der Waals surface area contributed by atoms with Gasteiger partial charge in [-0.1, -0.05) is 0 Å². The van der Waals surface area contributed by atoms with E-state index in [4.69, 9.17) is 49.4 Å². The summed E-state index contributed by atoms with van der Waals surface area (Å²) in [7, 11) is -50.3. The first-order valence-corrected chi connectivity index (χ1v) is 33.6. The van der Waals surface area contributed by atoms with Crippen molar-refractivity contribution in [1.82, 2.24) is 0 Å². The molecule has 6 saturated heterocycles. The van der Waals surface area contributed by atoms with Crippen LogP contribution in [0.25, 0.3) is 0 Å². The SMILES string of the molecule is C[Si]12O[Si]3(CCC(F)(F)F)O[Si]4(CCC(F)(F)F)O[Si](CCC(F)(F)F)(O1)O[Si]1(CCC(F)(F)F)O[Si](CCC(F)(F)F)(O2)O[Si](CCC(F)(F)F)(O3)O[Si](CCC(F)(F)F)(O4)O1. The maximum atomic E-state index is 14.1. The normalized spacial score (nSPS) is 38.0. The molecule has 370 valence electrons. The van der Waals surface area contributed by atoms with Gasteiger partial charge < -0.3 is 49.4 Å². The lowest BCUT2D eigenvalue weighted by Gasteiger charge is -2.63. The fraction of sp³-hybridized carbons (Fsp3) is 1.00. The van der Waals surface area contributed by atoms with Crippen LogP contribution >= 0.6 is 0 Å². The summed E-state index contributed by atoms with van der Waals surface area (Å²) >= 11 is 0. The average Bonchev–Trinajstić information content (AvgIpc) is 3.00. The lowest BCUT2D eigenvalue weighted by molar-refractivity contribution is -0.138. The number of alkyl halides is 21. The van der Waals surface area contributed by atoms with Crippen molar-refractivity contribution in [1.29, 1.82) is 0 Å². The average molecular weight is 1110 g/mol. The Morgan fingerprint density at radius 2 is 0.333 bits per heavy atom. The second-order valence-electron chi connectivity index (χ2n) is 14.7. The van der Waals surface area contributed by atoms with Crippen LogP contribution in [-0.4, -0.2) is 114 Å². The first-order valence-electron chi connectivity index (χ1n) is 17.8. The summed E-state index contributed by atoms with van der Waals surface area (Å²) in [6, 6.07) is -13.4. The van der Waals surface area contributed by atoms with E-state index in [0.29, 0.717) is 6.55 Å². The third-order valence-corrected chi connectivity index (χ3v) is 45.4. The Labute approximate surface area is 348 Å². The fourth-order valence-electron chi connectivity index (χ4n) is 6.62. The van der Waals surface area contributed by atoms with Gasteiger partial charge in [-0.15, -0.1) is 0 Å². The third kappa shape index (κ3) is 15.1. The summed E-state index contributed by atoms with van der Waals surface area (Å²) in [5, 5.41) is 0. The molecule has 0 aromatic heterocycles. The van der Waals surface area contributed by atoms with Gasteiger partial charge in [-0.3, -0.25) is 0 Å². The summed E-state index contributed by atoms with van der Waals surface area (Å²) in [4.78, 5) is 0. The summed E-state index contributed by atoms with van der Waals surface area (Å²) < 4.78 is 365.